The maximum atomic E-state index is 12.8. The van der Waals surface area contributed by atoms with Crippen LogP contribution >= 0.6 is 0 Å². The molecule has 0 spiro atoms. The van der Waals surface area contributed by atoms with Gasteiger partial charge in [0.05, 0.1) is 0 Å². The number of allylic oxidation sites excluding steroid dienone is 22. The van der Waals surface area contributed by atoms with Gasteiger partial charge in [0.25, 0.3) is 0 Å². The molecule has 0 fully saturated rings. The Morgan fingerprint density at radius 3 is 0.864 bits per heavy atom. The van der Waals surface area contributed by atoms with Crippen LogP contribution in [0.1, 0.15) is 207 Å². The van der Waals surface area contributed by atoms with Gasteiger partial charge in [-0.3, -0.25) is 14.4 Å². The monoisotopic (exact) mass is 911 g/mol. The number of unbranched alkanes of at least 4 members (excludes halogenated alkanes) is 12. The molecule has 370 valence electrons. The van der Waals surface area contributed by atoms with Crippen LogP contribution in [0.5, 0.6) is 0 Å². The van der Waals surface area contributed by atoms with Crippen LogP contribution in [0, 0.1) is 0 Å². The molecule has 0 N–H and O–H groups in total. The summed E-state index contributed by atoms with van der Waals surface area (Å²) in [4.78, 5) is 38.0. The van der Waals surface area contributed by atoms with Gasteiger partial charge >= 0.3 is 17.9 Å². The number of hydrogen-bond donors (Lipinski definition) is 0. The number of hydrogen-bond acceptors (Lipinski definition) is 6. The maximum Gasteiger partial charge on any atom is 0.306 e. The molecule has 0 aliphatic carbocycles. The normalized spacial score (nSPS) is 13.2. The van der Waals surface area contributed by atoms with E-state index >= 15 is 0 Å². The zero-order valence-electron chi connectivity index (χ0n) is 42.1. The van der Waals surface area contributed by atoms with Crippen LogP contribution in [-0.4, -0.2) is 37.2 Å². The Balaban J connectivity index is 4.55. The van der Waals surface area contributed by atoms with E-state index in [1.807, 2.05) is 0 Å². The van der Waals surface area contributed by atoms with Crippen LogP contribution < -0.4 is 0 Å². The SMILES string of the molecule is CC/C=C\C/C=C\C/C=C\C/C=C\CCCCCC(=O)OCC(COC(=O)CCCCCCCC/C=C\C/C=C\C/C=C\CC)OC(=O)CCCCC/C=C\C/C=C\C/C=C\C/C=C\CC. The van der Waals surface area contributed by atoms with Crippen molar-refractivity contribution in [2.24, 2.45) is 0 Å². The summed E-state index contributed by atoms with van der Waals surface area (Å²) >= 11 is 0. The lowest BCUT2D eigenvalue weighted by Gasteiger charge is -2.18. The molecule has 0 aromatic heterocycles. The number of carbonyl (C=O) groups excluding carboxylic acids is 3. The van der Waals surface area contributed by atoms with E-state index in [1.54, 1.807) is 0 Å². The first-order chi connectivity index (χ1) is 32.5. The van der Waals surface area contributed by atoms with Crippen molar-refractivity contribution in [1.29, 1.82) is 0 Å². The van der Waals surface area contributed by atoms with Crippen molar-refractivity contribution in [2.75, 3.05) is 13.2 Å². The second-order valence-electron chi connectivity index (χ2n) is 16.6. The van der Waals surface area contributed by atoms with Gasteiger partial charge in [-0.2, -0.15) is 0 Å². The van der Waals surface area contributed by atoms with Crippen molar-refractivity contribution < 1.29 is 28.6 Å². The van der Waals surface area contributed by atoms with Gasteiger partial charge in [-0.05, 0) is 128 Å². The third-order valence-electron chi connectivity index (χ3n) is 10.4. The summed E-state index contributed by atoms with van der Waals surface area (Å²) in [6.07, 6.45) is 74.3. The molecule has 1 unspecified atom stereocenters. The number of ether oxygens (including phenoxy) is 3. The molecule has 0 bridgehead atoms. The van der Waals surface area contributed by atoms with Crippen molar-refractivity contribution in [3.05, 3.63) is 134 Å². The van der Waals surface area contributed by atoms with Crippen LogP contribution in [0.25, 0.3) is 0 Å². The van der Waals surface area contributed by atoms with E-state index in [9.17, 15) is 14.4 Å². The Kier molecular flexibility index (Phi) is 49.6. The van der Waals surface area contributed by atoms with Crippen LogP contribution in [0.4, 0.5) is 0 Å². The highest BCUT2D eigenvalue weighted by Gasteiger charge is 2.19. The maximum absolute atomic E-state index is 12.8. The summed E-state index contributed by atoms with van der Waals surface area (Å²) in [6, 6.07) is 0. The molecule has 0 heterocycles. The predicted molar refractivity (Wildman–Crippen MR) is 283 cm³/mol. The molecule has 0 aromatic carbocycles. The second kappa shape index (κ2) is 53.2. The summed E-state index contributed by atoms with van der Waals surface area (Å²) in [5.74, 6) is -0.998. The van der Waals surface area contributed by atoms with Crippen LogP contribution in [-0.2, 0) is 28.6 Å². The van der Waals surface area contributed by atoms with E-state index in [0.717, 1.165) is 148 Å². The lowest BCUT2D eigenvalue weighted by molar-refractivity contribution is -0.167. The fourth-order valence-corrected chi connectivity index (χ4v) is 6.55. The van der Waals surface area contributed by atoms with Crippen molar-refractivity contribution in [3.63, 3.8) is 0 Å². The zero-order chi connectivity index (χ0) is 47.9. The second-order valence-corrected chi connectivity index (χ2v) is 16.6. The zero-order valence-corrected chi connectivity index (χ0v) is 42.1. The predicted octanol–water partition coefficient (Wildman–Crippen LogP) is 17.5. The molecule has 0 amide bonds. The Labute approximate surface area is 405 Å². The van der Waals surface area contributed by atoms with E-state index in [2.05, 4.69) is 154 Å². The number of rotatable bonds is 45. The van der Waals surface area contributed by atoms with Gasteiger partial charge < -0.3 is 14.2 Å². The Morgan fingerprint density at radius 1 is 0.303 bits per heavy atom. The van der Waals surface area contributed by atoms with Crippen LogP contribution in [0.15, 0.2) is 134 Å². The van der Waals surface area contributed by atoms with Gasteiger partial charge in [0.15, 0.2) is 6.10 Å². The van der Waals surface area contributed by atoms with Gasteiger partial charge in [-0.1, -0.05) is 193 Å². The van der Waals surface area contributed by atoms with E-state index < -0.39 is 6.10 Å². The molecule has 0 aromatic rings. The fraction of sp³-hybridized carbons (Fsp3) is 0.583. The van der Waals surface area contributed by atoms with Gasteiger partial charge in [0.2, 0.25) is 0 Å². The van der Waals surface area contributed by atoms with Gasteiger partial charge in [0, 0.05) is 19.3 Å². The standard InChI is InChI=1S/C60H94O6/c1-4-7-10-13-16-19-22-25-28-31-34-37-40-43-46-49-52-58(61)64-55-57(66-60(63)54-51-48-45-42-39-36-33-30-27-24-21-18-15-12-9-6-3)56-65-59(62)53-50-47-44-41-38-35-32-29-26-23-20-17-14-11-8-5-2/h7-12,16-21,25-30,34,36-37,39,57H,4-6,13-15,22-24,31-33,35,38,40-56H2,1-3H3/b10-7-,11-8-,12-9-,19-16-,20-17-,21-18-,28-25-,29-26-,30-27-,37-34-,39-36-. The molecular weight excluding hydrogens is 817 g/mol. The van der Waals surface area contributed by atoms with Crippen LogP contribution in [0.2, 0.25) is 0 Å². The van der Waals surface area contributed by atoms with Crippen molar-refractivity contribution in [2.45, 2.75) is 213 Å². The Hall–Kier alpha value is -4.45. The smallest absolute Gasteiger partial charge is 0.306 e. The highest BCUT2D eigenvalue weighted by atomic mass is 16.6. The Bertz CT molecular complexity index is 1460. The first-order valence-corrected chi connectivity index (χ1v) is 26.2. The van der Waals surface area contributed by atoms with E-state index in [-0.39, 0.29) is 37.5 Å². The summed E-state index contributed by atoms with van der Waals surface area (Å²) in [7, 11) is 0. The molecular formula is C60H94O6. The van der Waals surface area contributed by atoms with E-state index in [4.69, 9.17) is 14.2 Å². The van der Waals surface area contributed by atoms with Gasteiger partial charge in [-0.25, -0.2) is 0 Å². The molecule has 1 atom stereocenters. The first-order valence-electron chi connectivity index (χ1n) is 26.2. The molecule has 0 saturated heterocycles. The third kappa shape index (κ3) is 50.5. The fourth-order valence-electron chi connectivity index (χ4n) is 6.55. The molecule has 66 heavy (non-hydrogen) atoms. The lowest BCUT2D eigenvalue weighted by Crippen LogP contribution is -2.30. The number of carbonyl (C=O) groups is 3. The topological polar surface area (TPSA) is 78.9 Å². The molecule has 0 aliphatic heterocycles. The third-order valence-corrected chi connectivity index (χ3v) is 10.4. The summed E-state index contributed by atoms with van der Waals surface area (Å²) in [5.41, 5.74) is 0. The molecule has 6 heteroatoms. The highest BCUT2D eigenvalue weighted by molar-refractivity contribution is 5.71. The first kappa shape index (κ1) is 61.5. The largest absolute Gasteiger partial charge is 0.462 e. The molecule has 0 aliphatic rings. The minimum absolute atomic E-state index is 0.113. The minimum Gasteiger partial charge on any atom is -0.462 e. The van der Waals surface area contributed by atoms with Crippen molar-refractivity contribution in [3.8, 4) is 0 Å². The molecule has 6 nitrogen and oxygen atoms in total. The van der Waals surface area contributed by atoms with E-state index in [1.165, 1.54) is 12.8 Å². The quantitative estimate of drug-likeness (QED) is 0.0262. The van der Waals surface area contributed by atoms with Crippen LogP contribution in [0.3, 0.4) is 0 Å². The van der Waals surface area contributed by atoms with Gasteiger partial charge in [0.1, 0.15) is 13.2 Å². The molecule has 0 saturated carbocycles. The Morgan fingerprint density at radius 2 is 0.545 bits per heavy atom. The molecule has 0 rings (SSSR count). The number of esters is 3. The summed E-state index contributed by atoms with van der Waals surface area (Å²) < 4.78 is 16.8. The summed E-state index contributed by atoms with van der Waals surface area (Å²) in [6.45, 7) is 6.21. The van der Waals surface area contributed by atoms with Crippen molar-refractivity contribution in [1.82, 2.24) is 0 Å². The average Bonchev–Trinajstić information content (AvgIpc) is 3.31. The minimum atomic E-state index is -0.819. The average molecular weight is 911 g/mol. The van der Waals surface area contributed by atoms with E-state index in [0.29, 0.717) is 19.3 Å². The van der Waals surface area contributed by atoms with Crippen molar-refractivity contribution >= 4 is 17.9 Å². The lowest BCUT2D eigenvalue weighted by atomic mass is 10.1. The summed E-state index contributed by atoms with van der Waals surface area (Å²) in [5, 5.41) is 0. The van der Waals surface area contributed by atoms with Gasteiger partial charge in [-0.15, -0.1) is 0 Å². The highest BCUT2D eigenvalue weighted by Crippen LogP contribution is 2.12. The molecule has 0 radical (unpaired) electrons.